The van der Waals surface area contributed by atoms with Crippen LogP contribution in [-0.4, -0.2) is 22.8 Å². The molecule has 4 aromatic rings. The molecule has 0 saturated heterocycles. The van der Waals surface area contributed by atoms with Gasteiger partial charge in [0.25, 0.3) is 0 Å². The summed E-state index contributed by atoms with van der Waals surface area (Å²) < 4.78 is 7.29. The van der Waals surface area contributed by atoms with Crippen LogP contribution in [-0.2, 0) is 19.6 Å². The number of rotatable bonds is 8. The molecule has 0 unspecified atom stereocenters. The van der Waals surface area contributed by atoms with Gasteiger partial charge >= 0.3 is 5.97 Å². The van der Waals surface area contributed by atoms with Gasteiger partial charge in [0, 0.05) is 36.7 Å². The van der Waals surface area contributed by atoms with Crippen LogP contribution in [0.25, 0.3) is 10.9 Å². The van der Waals surface area contributed by atoms with E-state index in [1.807, 2.05) is 72.2 Å². The zero-order chi connectivity index (χ0) is 21.8. The molecule has 0 bridgehead atoms. The van der Waals surface area contributed by atoms with Crippen LogP contribution < -0.4 is 10.1 Å². The summed E-state index contributed by atoms with van der Waals surface area (Å²) in [7, 11) is 1.62. The standard InChI is InChI=1S/C26H26N2O3/c1-18-8-10-20(11-9-18)17-28-24-14-21(31-2)12-13-22(24)23(25(28)26(29)30)16-27-15-19-6-4-3-5-7-19/h3-14,27H,15-17H2,1-2H3,(H,29,30). The number of ether oxygens (including phenoxy) is 1. The molecule has 1 heterocycles. The van der Waals surface area contributed by atoms with Gasteiger partial charge < -0.3 is 19.7 Å². The normalized spacial score (nSPS) is 11.0. The molecule has 3 aromatic carbocycles. The van der Waals surface area contributed by atoms with Crippen LogP contribution in [0.1, 0.15) is 32.7 Å². The Labute approximate surface area is 181 Å². The van der Waals surface area contributed by atoms with E-state index in [0.29, 0.717) is 31.1 Å². The van der Waals surface area contributed by atoms with Crippen molar-refractivity contribution in [1.29, 1.82) is 0 Å². The van der Waals surface area contributed by atoms with Crippen molar-refractivity contribution in [3.8, 4) is 5.75 Å². The summed E-state index contributed by atoms with van der Waals surface area (Å²) in [5, 5.41) is 14.5. The highest BCUT2D eigenvalue weighted by Gasteiger charge is 2.22. The number of methoxy groups -OCH3 is 1. The summed E-state index contributed by atoms with van der Waals surface area (Å²) >= 11 is 0. The first-order valence-electron chi connectivity index (χ1n) is 10.3. The van der Waals surface area contributed by atoms with Crippen LogP contribution in [0.15, 0.2) is 72.8 Å². The molecule has 31 heavy (non-hydrogen) atoms. The Morgan fingerprint density at radius 3 is 2.39 bits per heavy atom. The summed E-state index contributed by atoms with van der Waals surface area (Å²) in [6, 6.07) is 24.0. The number of carbonyl (C=O) groups is 1. The molecule has 5 nitrogen and oxygen atoms in total. The average molecular weight is 415 g/mol. The van der Waals surface area contributed by atoms with E-state index in [-0.39, 0.29) is 0 Å². The summed E-state index contributed by atoms with van der Waals surface area (Å²) in [6.07, 6.45) is 0. The number of nitrogens with one attached hydrogen (secondary N) is 1. The predicted octanol–water partition coefficient (Wildman–Crippen LogP) is 4.99. The SMILES string of the molecule is COc1ccc2c(CNCc3ccccc3)c(C(=O)O)n(Cc3ccc(C)cc3)c2c1. The molecule has 0 radical (unpaired) electrons. The third-order valence-electron chi connectivity index (χ3n) is 5.51. The van der Waals surface area contributed by atoms with Crippen LogP contribution in [0.2, 0.25) is 0 Å². The van der Waals surface area contributed by atoms with Crippen molar-refractivity contribution >= 4 is 16.9 Å². The zero-order valence-corrected chi connectivity index (χ0v) is 17.8. The first-order chi connectivity index (χ1) is 15.1. The maximum Gasteiger partial charge on any atom is 0.352 e. The minimum Gasteiger partial charge on any atom is -0.497 e. The number of aryl methyl sites for hydroxylation is 1. The molecule has 0 saturated carbocycles. The fraction of sp³-hybridized carbons (Fsp3) is 0.192. The number of carboxylic acid groups (broad SMARTS) is 1. The molecular formula is C26H26N2O3. The van der Waals surface area contributed by atoms with Crippen LogP contribution in [0.4, 0.5) is 0 Å². The molecule has 0 fully saturated rings. The Morgan fingerprint density at radius 1 is 0.968 bits per heavy atom. The van der Waals surface area contributed by atoms with E-state index in [1.165, 1.54) is 5.56 Å². The van der Waals surface area contributed by atoms with E-state index >= 15 is 0 Å². The second kappa shape index (κ2) is 9.06. The average Bonchev–Trinajstić information content (AvgIpc) is 3.09. The van der Waals surface area contributed by atoms with Gasteiger partial charge in [-0.15, -0.1) is 0 Å². The maximum absolute atomic E-state index is 12.4. The van der Waals surface area contributed by atoms with E-state index < -0.39 is 5.97 Å². The van der Waals surface area contributed by atoms with Crippen LogP contribution in [0.5, 0.6) is 5.75 Å². The molecule has 2 N–H and O–H groups in total. The lowest BCUT2D eigenvalue weighted by Crippen LogP contribution is -2.17. The van der Waals surface area contributed by atoms with Crippen molar-refractivity contribution in [1.82, 2.24) is 9.88 Å². The summed E-state index contributed by atoms with van der Waals surface area (Å²) in [5.41, 5.74) is 5.33. The highest BCUT2D eigenvalue weighted by Crippen LogP contribution is 2.31. The van der Waals surface area contributed by atoms with Gasteiger partial charge in [0.1, 0.15) is 11.4 Å². The molecule has 4 rings (SSSR count). The van der Waals surface area contributed by atoms with Crippen molar-refractivity contribution < 1.29 is 14.6 Å². The van der Waals surface area contributed by atoms with E-state index in [4.69, 9.17) is 4.74 Å². The first-order valence-corrected chi connectivity index (χ1v) is 10.3. The van der Waals surface area contributed by atoms with Crippen molar-refractivity contribution in [2.24, 2.45) is 0 Å². The molecule has 0 amide bonds. The fourth-order valence-corrected chi connectivity index (χ4v) is 3.92. The molecule has 5 heteroatoms. The van der Waals surface area contributed by atoms with Gasteiger partial charge in [-0.25, -0.2) is 4.79 Å². The number of fused-ring (bicyclic) bond motifs is 1. The first kappa shape index (κ1) is 20.7. The molecule has 0 spiro atoms. The number of benzene rings is 3. The van der Waals surface area contributed by atoms with Crippen molar-refractivity contribution in [2.75, 3.05) is 7.11 Å². The van der Waals surface area contributed by atoms with Crippen LogP contribution in [0.3, 0.4) is 0 Å². The van der Waals surface area contributed by atoms with Gasteiger partial charge in [-0.1, -0.05) is 60.2 Å². The summed E-state index contributed by atoms with van der Waals surface area (Å²) in [5.74, 6) is -0.227. The summed E-state index contributed by atoms with van der Waals surface area (Å²) in [4.78, 5) is 12.4. The summed E-state index contributed by atoms with van der Waals surface area (Å²) in [6.45, 7) is 3.64. The number of hydrogen-bond donors (Lipinski definition) is 2. The Kier molecular flexibility index (Phi) is 6.05. The van der Waals surface area contributed by atoms with Gasteiger partial charge in [0.05, 0.1) is 12.6 Å². The number of carboxylic acids is 1. The van der Waals surface area contributed by atoms with Crippen LogP contribution in [0, 0.1) is 6.92 Å². The Morgan fingerprint density at radius 2 is 1.71 bits per heavy atom. The third-order valence-corrected chi connectivity index (χ3v) is 5.51. The molecule has 1 aromatic heterocycles. The van der Waals surface area contributed by atoms with Gasteiger partial charge in [0.15, 0.2) is 0 Å². The molecule has 158 valence electrons. The molecular weight excluding hydrogens is 388 g/mol. The van der Waals surface area contributed by atoms with Gasteiger partial charge in [0.2, 0.25) is 0 Å². The maximum atomic E-state index is 12.4. The Balaban J connectivity index is 1.75. The highest BCUT2D eigenvalue weighted by atomic mass is 16.5. The largest absolute Gasteiger partial charge is 0.497 e. The Bertz CT molecular complexity index is 1200. The predicted molar refractivity (Wildman–Crippen MR) is 123 cm³/mol. The molecule has 0 atom stereocenters. The number of aromatic carboxylic acids is 1. The quantitative estimate of drug-likeness (QED) is 0.426. The van der Waals surface area contributed by atoms with Crippen molar-refractivity contribution in [3.63, 3.8) is 0 Å². The van der Waals surface area contributed by atoms with Gasteiger partial charge in [-0.05, 0) is 30.2 Å². The van der Waals surface area contributed by atoms with E-state index in [0.717, 1.165) is 27.6 Å². The monoisotopic (exact) mass is 414 g/mol. The van der Waals surface area contributed by atoms with E-state index in [1.54, 1.807) is 7.11 Å². The van der Waals surface area contributed by atoms with Gasteiger partial charge in [-0.3, -0.25) is 0 Å². The topological polar surface area (TPSA) is 63.5 Å². The number of hydrogen-bond acceptors (Lipinski definition) is 3. The minimum absolute atomic E-state index is 0.310. The number of nitrogens with zero attached hydrogens (tertiary/aromatic N) is 1. The lowest BCUT2D eigenvalue weighted by molar-refractivity contribution is 0.0684. The molecule has 0 aliphatic carbocycles. The van der Waals surface area contributed by atoms with Gasteiger partial charge in [-0.2, -0.15) is 0 Å². The minimum atomic E-state index is -0.932. The zero-order valence-electron chi connectivity index (χ0n) is 17.8. The highest BCUT2D eigenvalue weighted by molar-refractivity contribution is 5.98. The molecule has 0 aliphatic rings. The lowest BCUT2D eigenvalue weighted by atomic mass is 10.1. The fourth-order valence-electron chi connectivity index (χ4n) is 3.92. The van der Waals surface area contributed by atoms with Crippen LogP contribution >= 0.6 is 0 Å². The number of aromatic nitrogens is 1. The van der Waals surface area contributed by atoms with Crippen molar-refractivity contribution in [3.05, 3.63) is 101 Å². The Hall–Kier alpha value is -3.57. The van der Waals surface area contributed by atoms with E-state index in [9.17, 15) is 9.90 Å². The smallest absolute Gasteiger partial charge is 0.352 e. The van der Waals surface area contributed by atoms with E-state index in [2.05, 4.69) is 17.4 Å². The second-order valence-corrected chi connectivity index (χ2v) is 7.68. The van der Waals surface area contributed by atoms with Crippen molar-refractivity contribution in [2.45, 2.75) is 26.6 Å². The second-order valence-electron chi connectivity index (χ2n) is 7.68. The lowest BCUT2D eigenvalue weighted by Gasteiger charge is -2.11. The molecule has 0 aliphatic heterocycles. The third kappa shape index (κ3) is 4.47.